The number of ether oxygens (including phenoxy) is 2. The number of hydrogen-bond donors (Lipinski definition) is 2. The molecule has 1 aromatic carbocycles. The lowest BCUT2D eigenvalue weighted by molar-refractivity contribution is 0.107. The van der Waals surface area contributed by atoms with Crippen molar-refractivity contribution in [1.82, 2.24) is 44.4 Å². The van der Waals surface area contributed by atoms with Crippen LogP contribution in [0.2, 0.25) is 0 Å². The Morgan fingerprint density at radius 2 is 1.81 bits per heavy atom. The maximum atomic E-state index is 13.7. The van der Waals surface area contributed by atoms with Crippen molar-refractivity contribution in [2.75, 3.05) is 43.5 Å². The van der Waals surface area contributed by atoms with E-state index in [0.29, 0.717) is 18.0 Å². The van der Waals surface area contributed by atoms with E-state index < -0.39 is 0 Å². The van der Waals surface area contributed by atoms with Crippen molar-refractivity contribution < 1.29 is 14.3 Å². The summed E-state index contributed by atoms with van der Waals surface area (Å²) in [6.07, 6.45) is 12.0. The third-order valence-corrected chi connectivity index (χ3v) is 11.2. The number of piperidine rings is 1. The second kappa shape index (κ2) is 15.1. The summed E-state index contributed by atoms with van der Waals surface area (Å²) >= 11 is 0. The monoisotopic (exact) mass is 735 g/mol. The summed E-state index contributed by atoms with van der Waals surface area (Å²) < 4.78 is 18.0. The number of benzene rings is 1. The maximum Gasteiger partial charge on any atom is 0.320 e. The average Bonchev–Trinajstić information content (AvgIpc) is 3.98. The second-order valence-corrected chi connectivity index (χ2v) is 16.1. The van der Waals surface area contributed by atoms with Crippen LogP contribution >= 0.6 is 0 Å². The standard InChI is InChI=1S/C40H53N11O3/c1-27-10-8-9-18-49(27)39-45-44-36-16-13-30(26-50(36)39)54-34-15-14-33(31-11-6-7-12-32(31)34)42-38(52)43-37-22-35(40(2,3)4)46-51(37)28-23-41-48(24-28)21-20-47-19-17-29(25-47)53-5/h6-7,11-13,16,22-24,26-27,29,33-34H,8-10,14-15,17-21,25H2,1-5H3,(H2,42,43,52)/t27-,29?,33-,34+/m0/s1. The van der Waals surface area contributed by atoms with Gasteiger partial charge in [-0.15, -0.1) is 10.2 Å². The Hall–Kier alpha value is -4.95. The van der Waals surface area contributed by atoms with Crippen molar-refractivity contribution in [2.24, 2.45) is 0 Å². The summed E-state index contributed by atoms with van der Waals surface area (Å²) in [5, 5.41) is 24.9. The lowest BCUT2D eigenvalue weighted by Gasteiger charge is -2.33. The predicted octanol–water partition coefficient (Wildman–Crippen LogP) is 6.29. The zero-order chi connectivity index (χ0) is 37.4. The molecule has 0 radical (unpaired) electrons. The molecule has 1 aliphatic carbocycles. The maximum absolute atomic E-state index is 13.7. The van der Waals surface area contributed by atoms with Gasteiger partial charge < -0.3 is 19.7 Å². The molecule has 4 atom stereocenters. The highest BCUT2D eigenvalue weighted by molar-refractivity contribution is 5.89. The minimum absolute atomic E-state index is 0.159. The lowest BCUT2D eigenvalue weighted by atomic mass is 9.85. The fourth-order valence-corrected chi connectivity index (χ4v) is 8.07. The van der Waals surface area contributed by atoms with Crippen molar-refractivity contribution in [1.29, 1.82) is 0 Å². The first-order valence-electron chi connectivity index (χ1n) is 19.5. The van der Waals surface area contributed by atoms with Gasteiger partial charge in [0.1, 0.15) is 23.4 Å². The Bertz CT molecular complexity index is 2080. The molecular weight excluding hydrogens is 683 g/mol. The molecule has 8 rings (SSSR count). The van der Waals surface area contributed by atoms with Crippen molar-refractivity contribution in [3.63, 3.8) is 0 Å². The van der Waals surface area contributed by atoms with Crippen molar-refractivity contribution in [3.05, 3.63) is 77.9 Å². The molecule has 0 bridgehead atoms. The van der Waals surface area contributed by atoms with E-state index in [1.165, 1.54) is 6.42 Å². The molecule has 2 amide bonds. The van der Waals surface area contributed by atoms with E-state index in [-0.39, 0.29) is 23.6 Å². The molecule has 2 fully saturated rings. The van der Waals surface area contributed by atoms with Crippen LogP contribution in [0.5, 0.6) is 5.75 Å². The molecule has 1 unspecified atom stereocenters. The normalized spacial score (nSPS) is 22.1. The average molecular weight is 736 g/mol. The number of rotatable bonds is 10. The Balaban J connectivity index is 0.956. The molecule has 286 valence electrons. The first-order chi connectivity index (χ1) is 26.1. The number of methoxy groups -OCH3 is 1. The van der Waals surface area contributed by atoms with Gasteiger partial charge in [-0.05, 0) is 68.7 Å². The van der Waals surface area contributed by atoms with Crippen LogP contribution in [0.3, 0.4) is 0 Å². The Morgan fingerprint density at radius 3 is 2.61 bits per heavy atom. The number of pyridine rings is 1. The molecular formula is C40H53N11O3. The number of amides is 2. The van der Waals surface area contributed by atoms with Crippen LogP contribution < -0.4 is 20.3 Å². The van der Waals surface area contributed by atoms with E-state index >= 15 is 0 Å². The van der Waals surface area contributed by atoms with E-state index in [0.717, 1.165) is 105 Å². The summed E-state index contributed by atoms with van der Waals surface area (Å²) in [5.74, 6) is 2.22. The van der Waals surface area contributed by atoms with Crippen LogP contribution in [0, 0.1) is 0 Å². The smallest absolute Gasteiger partial charge is 0.320 e. The van der Waals surface area contributed by atoms with Gasteiger partial charge >= 0.3 is 6.03 Å². The number of nitrogens with zero attached hydrogens (tertiary/aromatic N) is 9. The molecule has 2 aliphatic heterocycles. The van der Waals surface area contributed by atoms with E-state index in [2.05, 4.69) is 75.6 Å². The third kappa shape index (κ3) is 7.54. The van der Waals surface area contributed by atoms with Crippen LogP contribution in [0.15, 0.2) is 61.1 Å². The molecule has 0 spiro atoms. The second-order valence-electron chi connectivity index (χ2n) is 16.1. The highest BCUT2D eigenvalue weighted by Gasteiger charge is 2.31. The molecule has 14 nitrogen and oxygen atoms in total. The summed E-state index contributed by atoms with van der Waals surface area (Å²) in [7, 11) is 1.78. The van der Waals surface area contributed by atoms with Gasteiger partial charge in [-0.2, -0.15) is 10.2 Å². The number of carbonyl (C=O) groups excluding carboxylic acids is 1. The fourth-order valence-electron chi connectivity index (χ4n) is 8.07. The lowest BCUT2D eigenvalue weighted by Crippen LogP contribution is -2.38. The highest BCUT2D eigenvalue weighted by atomic mass is 16.5. The molecule has 2 N–H and O–H groups in total. The van der Waals surface area contributed by atoms with Crippen LogP contribution in [0.25, 0.3) is 11.3 Å². The molecule has 4 aromatic heterocycles. The number of urea groups is 1. The Labute approximate surface area is 316 Å². The van der Waals surface area contributed by atoms with Gasteiger partial charge in [0.25, 0.3) is 0 Å². The van der Waals surface area contributed by atoms with Crippen molar-refractivity contribution >= 4 is 23.4 Å². The third-order valence-electron chi connectivity index (χ3n) is 11.2. The van der Waals surface area contributed by atoms with Gasteiger partial charge in [0.05, 0.1) is 43.0 Å². The minimum Gasteiger partial charge on any atom is -0.484 e. The van der Waals surface area contributed by atoms with Gasteiger partial charge in [-0.1, -0.05) is 45.0 Å². The number of likely N-dealkylation sites (tertiary alicyclic amines) is 1. The summed E-state index contributed by atoms with van der Waals surface area (Å²) in [6, 6.07) is 14.1. The number of aromatic nitrogens is 7. The summed E-state index contributed by atoms with van der Waals surface area (Å²) in [5.41, 5.74) is 4.38. The SMILES string of the molecule is COC1CCN(CCn2cc(-n3nc(C(C)(C)C)cc3NC(=O)N[C@H]3CC[C@@H](Oc4ccc5nnc(N6CCCC[C@@H]6C)n5c4)c4ccccc43)cn2)C1. The number of anilines is 2. The fraction of sp³-hybridized carbons (Fsp3) is 0.525. The van der Waals surface area contributed by atoms with Crippen molar-refractivity contribution in [2.45, 2.75) is 102 Å². The molecule has 5 aromatic rings. The van der Waals surface area contributed by atoms with Crippen LogP contribution in [-0.2, 0) is 16.7 Å². The zero-order valence-corrected chi connectivity index (χ0v) is 32.1. The number of carbonyl (C=O) groups is 1. The zero-order valence-electron chi connectivity index (χ0n) is 32.1. The van der Waals surface area contributed by atoms with Crippen LogP contribution in [-0.4, -0.2) is 90.5 Å². The molecule has 54 heavy (non-hydrogen) atoms. The minimum atomic E-state index is -0.289. The van der Waals surface area contributed by atoms with E-state index in [9.17, 15) is 4.79 Å². The first kappa shape index (κ1) is 36.0. The van der Waals surface area contributed by atoms with E-state index in [1.54, 1.807) is 18.0 Å². The van der Waals surface area contributed by atoms with Gasteiger partial charge in [-0.3, -0.25) is 19.3 Å². The molecule has 6 heterocycles. The van der Waals surface area contributed by atoms with E-state index in [1.807, 2.05) is 51.8 Å². The van der Waals surface area contributed by atoms with E-state index in [4.69, 9.17) is 14.6 Å². The topological polar surface area (TPSA) is 132 Å². The first-order valence-corrected chi connectivity index (χ1v) is 19.5. The molecule has 14 heteroatoms. The van der Waals surface area contributed by atoms with Crippen LogP contribution in [0.4, 0.5) is 16.6 Å². The number of fused-ring (bicyclic) bond motifs is 2. The van der Waals surface area contributed by atoms with Crippen LogP contribution in [0.1, 0.15) is 95.2 Å². The van der Waals surface area contributed by atoms with Gasteiger partial charge in [0.2, 0.25) is 5.95 Å². The predicted molar refractivity (Wildman–Crippen MR) is 207 cm³/mol. The molecule has 3 aliphatic rings. The van der Waals surface area contributed by atoms with Crippen molar-refractivity contribution in [3.8, 4) is 11.4 Å². The Kier molecular flexibility index (Phi) is 10.1. The highest BCUT2D eigenvalue weighted by Crippen LogP contribution is 2.39. The Morgan fingerprint density at radius 1 is 0.963 bits per heavy atom. The summed E-state index contributed by atoms with van der Waals surface area (Å²) in [6.45, 7) is 13.2. The molecule has 0 saturated carbocycles. The quantitative estimate of drug-likeness (QED) is 0.170. The largest absolute Gasteiger partial charge is 0.484 e. The van der Waals surface area contributed by atoms with Gasteiger partial charge in [0, 0.05) is 50.8 Å². The van der Waals surface area contributed by atoms with Gasteiger partial charge in [0.15, 0.2) is 5.65 Å². The van der Waals surface area contributed by atoms with Gasteiger partial charge in [-0.25, -0.2) is 9.48 Å². The molecule has 2 saturated heterocycles. The number of nitrogens with one attached hydrogen (secondary N) is 2. The number of hydrogen-bond acceptors (Lipinski definition) is 9. The summed E-state index contributed by atoms with van der Waals surface area (Å²) in [4.78, 5) is 18.5.